The van der Waals surface area contributed by atoms with Gasteiger partial charge in [-0.3, -0.25) is 14.4 Å². The standard InChI is InChI=1S/C23H23ClN2O5S/c1-3-30-16-10-8-15(9-11-16)13-26(2)19(27)14-31-20(28)12-25-23(29)22-21(24)17-6-4-5-7-18(17)32-22/h4-11H,3,12-14H2,1-2H3,(H,25,29). The molecule has 1 heterocycles. The van der Waals surface area contributed by atoms with Crippen LogP contribution in [0.3, 0.4) is 0 Å². The molecule has 1 N–H and O–H groups in total. The predicted octanol–water partition coefficient (Wildman–Crippen LogP) is 3.89. The molecule has 3 rings (SSSR count). The Morgan fingerprint density at radius 3 is 2.50 bits per heavy atom. The predicted molar refractivity (Wildman–Crippen MR) is 124 cm³/mol. The zero-order valence-corrected chi connectivity index (χ0v) is 19.3. The summed E-state index contributed by atoms with van der Waals surface area (Å²) in [5.74, 6) is -0.769. The smallest absolute Gasteiger partial charge is 0.325 e. The van der Waals surface area contributed by atoms with Gasteiger partial charge >= 0.3 is 5.97 Å². The van der Waals surface area contributed by atoms with Crippen LogP contribution in [0.25, 0.3) is 10.1 Å². The number of ether oxygens (including phenoxy) is 2. The minimum Gasteiger partial charge on any atom is -0.494 e. The van der Waals surface area contributed by atoms with E-state index in [9.17, 15) is 14.4 Å². The molecule has 2 amide bonds. The number of thiophene rings is 1. The first-order valence-corrected chi connectivity index (χ1v) is 11.1. The van der Waals surface area contributed by atoms with Crippen molar-refractivity contribution < 1.29 is 23.9 Å². The van der Waals surface area contributed by atoms with Crippen LogP contribution in [-0.2, 0) is 20.9 Å². The van der Waals surface area contributed by atoms with Crippen molar-refractivity contribution in [3.63, 3.8) is 0 Å². The number of carbonyl (C=O) groups is 3. The minimum absolute atomic E-state index is 0.326. The number of rotatable bonds is 9. The molecular weight excluding hydrogens is 452 g/mol. The number of amides is 2. The molecule has 7 nitrogen and oxygen atoms in total. The molecule has 2 aromatic carbocycles. The number of fused-ring (bicyclic) bond motifs is 1. The van der Waals surface area contributed by atoms with Crippen molar-refractivity contribution in [3.8, 4) is 5.75 Å². The molecule has 0 spiro atoms. The fourth-order valence-electron chi connectivity index (χ4n) is 2.92. The largest absolute Gasteiger partial charge is 0.494 e. The lowest BCUT2D eigenvalue weighted by atomic mass is 10.2. The van der Waals surface area contributed by atoms with Crippen LogP contribution in [0.1, 0.15) is 22.2 Å². The number of hydrogen-bond acceptors (Lipinski definition) is 6. The van der Waals surface area contributed by atoms with Crippen molar-refractivity contribution in [1.29, 1.82) is 0 Å². The van der Waals surface area contributed by atoms with Gasteiger partial charge in [-0.1, -0.05) is 41.9 Å². The molecule has 0 radical (unpaired) electrons. The van der Waals surface area contributed by atoms with Crippen LogP contribution in [0.2, 0.25) is 5.02 Å². The summed E-state index contributed by atoms with van der Waals surface area (Å²) in [4.78, 5) is 38.4. The lowest BCUT2D eigenvalue weighted by Crippen LogP contribution is -2.34. The molecule has 0 fully saturated rings. The Bertz CT molecular complexity index is 1110. The van der Waals surface area contributed by atoms with Crippen molar-refractivity contribution in [2.24, 2.45) is 0 Å². The van der Waals surface area contributed by atoms with Gasteiger partial charge in [0.1, 0.15) is 17.2 Å². The van der Waals surface area contributed by atoms with E-state index in [-0.39, 0.29) is 12.5 Å². The lowest BCUT2D eigenvalue weighted by molar-refractivity contribution is -0.150. The van der Waals surface area contributed by atoms with Crippen molar-refractivity contribution in [2.45, 2.75) is 13.5 Å². The molecule has 0 saturated heterocycles. The average molecular weight is 475 g/mol. The van der Waals surface area contributed by atoms with Gasteiger partial charge < -0.3 is 19.7 Å². The second kappa shape index (κ2) is 11.0. The van der Waals surface area contributed by atoms with Gasteiger partial charge in [-0.2, -0.15) is 0 Å². The van der Waals surface area contributed by atoms with E-state index in [4.69, 9.17) is 21.1 Å². The quantitative estimate of drug-likeness (QED) is 0.476. The second-order valence-electron chi connectivity index (χ2n) is 6.91. The van der Waals surface area contributed by atoms with E-state index in [1.807, 2.05) is 55.5 Å². The van der Waals surface area contributed by atoms with Gasteiger partial charge in [0.25, 0.3) is 11.8 Å². The van der Waals surface area contributed by atoms with Crippen LogP contribution >= 0.6 is 22.9 Å². The number of nitrogens with zero attached hydrogens (tertiary/aromatic N) is 1. The Morgan fingerprint density at radius 1 is 1.09 bits per heavy atom. The van der Waals surface area contributed by atoms with Crippen LogP contribution in [0.15, 0.2) is 48.5 Å². The average Bonchev–Trinajstić information content (AvgIpc) is 3.14. The Balaban J connectivity index is 1.44. The lowest BCUT2D eigenvalue weighted by Gasteiger charge is -2.17. The topological polar surface area (TPSA) is 84.9 Å². The van der Waals surface area contributed by atoms with Crippen molar-refractivity contribution in [1.82, 2.24) is 10.2 Å². The number of likely N-dealkylation sites (N-methyl/N-ethyl adjacent to an activating group) is 1. The van der Waals surface area contributed by atoms with E-state index in [1.54, 1.807) is 7.05 Å². The van der Waals surface area contributed by atoms with Gasteiger partial charge in [0.05, 0.1) is 11.6 Å². The van der Waals surface area contributed by atoms with Gasteiger partial charge in [0.2, 0.25) is 0 Å². The normalized spacial score (nSPS) is 10.6. The number of hydrogen-bond donors (Lipinski definition) is 1. The summed E-state index contributed by atoms with van der Waals surface area (Å²) in [6.07, 6.45) is 0. The van der Waals surface area contributed by atoms with Gasteiger partial charge in [0, 0.05) is 23.7 Å². The van der Waals surface area contributed by atoms with Crippen molar-refractivity contribution in [2.75, 3.05) is 26.8 Å². The van der Waals surface area contributed by atoms with Gasteiger partial charge in [0.15, 0.2) is 6.61 Å². The first kappa shape index (κ1) is 23.6. The fraction of sp³-hybridized carbons (Fsp3) is 0.261. The maximum absolute atomic E-state index is 12.4. The molecule has 0 aliphatic carbocycles. The highest BCUT2D eigenvalue weighted by Gasteiger charge is 2.18. The SMILES string of the molecule is CCOc1ccc(CN(C)C(=O)COC(=O)CNC(=O)c2sc3ccccc3c2Cl)cc1. The molecule has 3 aromatic rings. The van der Waals surface area contributed by atoms with E-state index < -0.39 is 18.5 Å². The summed E-state index contributed by atoms with van der Waals surface area (Å²) < 4.78 is 11.3. The Hall–Kier alpha value is -3.10. The number of esters is 1. The monoisotopic (exact) mass is 474 g/mol. The molecule has 0 bridgehead atoms. The molecule has 168 valence electrons. The van der Waals surface area contributed by atoms with Crippen LogP contribution in [-0.4, -0.2) is 49.5 Å². The molecule has 0 aliphatic rings. The van der Waals surface area contributed by atoms with Crippen molar-refractivity contribution in [3.05, 3.63) is 64.0 Å². The summed E-state index contributed by atoms with van der Waals surface area (Å²) >= 11 is 7.52. The number of nitrogens with one attached hydrogen (secondary N) is 1. The number of benzene rings is 2. The van der Waals surface area contributed by atoms with E-state index in [0.717, 1.165) is 21.4 Å². The molecule has 32 heavy (non-hydrogen) atoms. The summed E-state index contributed by atoms with van der Waals surface area (Å²) in [7, 11) is 1.62. The zero-order chi connectivity index (χ0) is 23.1. The molecule has 0 aliphatic heterocycles. The highest BCUT2D eigenvalue weighted by atomic mass is 35.5. The Labute approximate surface area is 194 Å². The Kier molecular flexibility index (Phi) is 8.08. The van der Waals surface area contributed by atoms with Crippen LogP contribution in [0.5, 0.6) is 5.75 Å². The van der Waals surface area contributed by atoms with Crippen LogP contribution in [0.4, 0.5) is 0 Å². The van der Waals surface area contributed by atoms with E-state index in [0.29, 0.717) is 23.1 Å². The molecule has 0 unspecified atom stereocenters. The highest BCUT2D eigenvalue weighted by Crippen LogP contribution is 2.34. The maximum atomic E-state index is 12.4. The van der Waals surface area contributed by atoms with Gasteiger partial charge in [-0.15, -0.1) is 11.3 Å². The first-order valence-electron chi connectivity index (χ1n) is 9.95. The number of carbonyl (C=O) groups excluding carboxylic acids is 3. The first-order chi connectivity index (χ1) is 15.4. The third-order valence-corrected chi connectivity index (χ3v) is 6.25. The van der Waals surface area contributed by atoms with Crippen LogP contribution in [0, 0.1) is 0 Å². The van der Waals surface area contributed by atoms with Gasteiger partial charge in [-0.05, 0) is 30.7 Å². The number of halogens is 1. The molecule has 0 saturated carbocycles. The third kappa shape index (κ3) is 5.99. The zero-order valence-electron chi connectivity index (χ0n) is 17.7. The van der Waals surface area contributed by atoms with E-state index >= 15 is 0 Å². The summed E-state index contributed by atoms with van der Waals surface area (Å²) in [6, 6.07) is 14.8. The Morgan fingerprint density at radius 2 is 1.81 bits per heavy atom. The molecular formula is C23H23ClN2O5S. The van der Waals surface area contributed by atoms with E-state index in [2.05, 4.69) is 5.32 Å². The molecule has 9 heteroatoms. The van der Waals surface area contributed by atoms with Crippen LogP contribution < -0.4 is 10.1 Å². The second-order valence-corrected chi connectivity index (χ2v) is 8.34. The van der Waals surface area contributed by atoms with Gasteiger partial charge in [-0.25, -0.2) is 0 Å². The third-order valence-electron chi connectivity index (χ3n) is 4.57. The summed E-state index contributed by atoms with van der Waals surface area (Å²) in [6.45, 7) is 2.09. The fourth-order valence-corrected chi connectivity index (χ4v) is 4.35. The van der Waals surface area contributed by atoms with Crippen molar-refractivity contribution >= 4 is 50.8 Å². The summed E-state index contributed by atoms with van der Waals surface area (Å²) in [5, 5.41) is 3.62. The maximum Gasteiger partial charge on any atom is 0.325 e. The molecule has 0 atom stereocenters. The van der Waals surface area contributed by atoms with E-state index in [1.165, 1.54) is 16.2 Å². The molecule has 1 aromatic heterocycles. The summed E-state index contributed by atoms with van der Waals surface area (Å²) in [5.41, 5.74) is 0.920. The highest BCUT2D eigenvalue weighted by molar-refractivity contribution is 7.21. The minimum atomic E-state index is -0.710.